The molecule has 0 radical (unpaired) electrons. The van der Waals surface area contributed by atoms with E-state index < -0.39 is 68.9 Å². The number of carbonyl (C=O) groups excluding carboxylic acids is 3. The highest BCUT2D eigenvalue weighted by molar-refractivity contribution is 6.24. The summed E-state index contributed by atoms with van der Waals surface area (Å²) in [6.07, 6.45) is -0.315. The normalized spacial score (nSPS) is 32.6. The number of primary amides is 1. The van der Waals surface area contributed by atoms with Gasteiger partial charge in [0.05, 0.1) is 23.8 Å². The number of fused-ring (bicyclic) bond motifs is 2. The molecule has 4 atom stereocenters. The first kappa shape index (κ1) is 23.3. The van der Waals surface area contributed by atoms with Crippen molar-refractivity contribution in [2.45, 2.75) is 24.5 Å². The van der Waals surface area contributed by atoms with Crippen LogP contribution in [0.15, 0.2) is 58.4 Å². The number of rotatable bonds is 5. The summed E-state index contributed by atoms with van der Waals surface area (Å²) in [6, 6.07) is -1.57. The Balaban J connectivity index is 2.40. The van der Waals surface area contributed by atoms with Crippen LogP contribution in [0, 0.1) is 11.3 Å². The maximum absolute atomic E-state index is 13.7. The Bertz CT molecular complexity index is 1080. The van der Waals surface area contributed by atoms with Gasteiger partial charge < -0.3 is 42.4 Å². The minimum atomic E-state index is -2.82. The Kier molecular flexibility index (Phi) is 5.33. The van der Waals surface area contributed by atoms with Gasteiger partial charge in [0, 0.05) is 24.1 Å². The molecule has 3 aliphatic carbocycles. The van der Waals surface area contributed by atoms with Crippen LogP contribution >= 0.6 is 0 Å². The summed E-state index contributed by atoms with van der Waals surface area (Å²) >= 11 is 0. The van der Waals surface area contributed by atoms with Crippen molar-refractivity contribution in [3.8, 4) is 0 Å². The molecular formula is C21H25N3O8. The van der Waals surface area contributed by atoms with E-state index in [1.54, 1.807) is 0 Å². The predicted octanol–water partition coefficient (Wildman–Crippen LogP) is -0.797. The topological polar surface area (TPSA) is 219 Å². The third-order valence-electron chi connectivity index (χ3n) is 6.47. The number of hydrogen-bond acceptors (Lipinski definition) is 10. The number of aliphatic hydroxyl groups is 4. The smallest absolute Gasteiger partial charge is 0.255 e. The number of Topliss-reactive ketones (excluding diaryl/α,β-unsaturated/α-hetero) is 2. The predicted molar refractivity (Wildman–Crippen MR) is 111 cm³/mol. The van der Waals surface area contributed by atoms with Crippen LogP contribution in [0.1, 0.15) is 12.8 Å². The number of ketones is 2. The Morgan fingerprint density at radius 2 is 1.81 bits per heavy atom. The summed E-state index contributed by atoms with van der Waals surface area (Å²) in [6.45, 7) is 6.84. The molecule has 1 saturated carbocycles. The first-order valence-corrected chi connectivity index (χ1v) is 9.55. The Hall–Kier alpha value is -3.41. The van der Waals surface area contributed by atoms with E-state index in [1.165, 1.54) is 7.11 Å². The van der Waals surface area contributed by atoms with Crippen molar-refractivity contribution in [2.75, 3.05) is 13.7 Å². The van der Waals surface area contributed by atoms with Crippen LogP contribution < -0.4 is 17.2 Å². The fraction of sp³-hybridized carbons (Fsp3) is 0.381. The van der Waals surface area contributed by atoms with E-state index in [0.717, 1.165) is 0 Å². The molecule has 0 aromatic rings. The van der Waals surface area contributed by atoms with E-state index in [-0.39, 0.29) is 36.3 Å². The molecular weight excluding hydrogens is 422 g/mol. The molecule has 0 aromatic carbocycles. The van der Waals surface area contributed by atoms with Gasteiger partial charge in [-0.05, 0) is 18.4 Å². The number of allylic oxidation sites excluding steroid dienone is 1. The van der Waals surface area contributed by atoms with Crippen LogP contribution in [0.25, 0.3) is 0 Å². The minimum absolute atomic E-state index is 0.0210. The summed E-state index contributed by atoms with van der Waals surface area (Å²) in [7, 11) is 1.34. The standard InChI is InChI=1S/C21H25N3O8/c1-7(22)9-4-20(6-32-3)5-10-14(23)16(27)12(19(24)30)17(28)21(10,31)18(29)13(20)15(26)11(9)8(2)25/h10,14,25-26,28,31H,1-2,4-6,22-23H2,3H3,(H2,24,30)/t10-,14-,20-,21+/m0/s1. The molecule has 0 aromatic heterocycles. The Morgan fingerprint density at radius 3 is 2.28 bits per heavy atom. The van der Waals surface area contributed by atoms with Gasteiger partial charge in [-0.25, -0.2) is 0 Å². The number of aliphatic hydroxyl groups excluding tert-OH is 3. The van der Waals surface area contributed by atoms with Crippen LogP contribution in [0.2, 0.25) is 0 Å². The van der Waals surface area contributed by atoms with Crippen molar-refractivity contribution in [3.63, 3.8) is 0 Å². The van der Waals surface area contributed by atoms with E-state index >= 15 is 0 Å². The van der Waals surface area contributed by atoms with Crippen molar-refractivity contribution in [3.05, 3.63) is 58.4 Å². The van der Waals surface area contributed by atoms with Crippen LogP contribution in [0.3, 0.4) is 0 Å². The lowest BCUT2D eigenvalue weighted by molar-refractivity contribution is -0.154. The van der Waals surface area contributed by atoms with Crippen LogP contribution in [-0.4, -0.2) is 63.3 Å². The average molecular weight is 447 g/mol. The fourth-order valence-electron chi connectivity index (χ4n) is 5.09. The van der Waals surface area contributed by atoms with Gasteiger partial charge in [0.15, 0.2) is 11.4 Å². The first-order chi connectivity index (χ1) is 14.8. The minimum Gasteiger partial charge on any atom is -0.508 e. The van der Waals surface area contributed by atoms with Crippen LogP contribution in [0.4, 0.5) is 0 Å². The summed E-state index contributed by atoms with van der Waals surface area (Å²) in [5, 5.41) is 43.1. The van der Waals surface area contributed by atoms with Crippen molar-refractivity contribution in [1.82, 2.24) is 0 Å². The fourth-order valence-corrected chi connectivity index (χ4v) is 5.09. The molecule has 0 aliphatic heterocycles. The van der Waals surface area contributed by atoms with Gasteiger partial charge >= 0.3 is 0 Å². The number of amides is 1. The van der Waals surface area contributed by atoms with Crippen LogP contribution in [0.5, 0.6) is 0 Å². The molecule has 11 heteroatoms. The Labute approximate surface area is 182 Å². The van der Waals surface area contributed by atoms with Crippen molar-refractivity contribution >= 4 is 17.5 Å². The van der Waals surface area contributed by atoms with Gasteiger partial charge in [0.25, 0.3) is 5.91 Å². The highest BCUT2D eigenvalue weighted by atomic mass is 16.5. The van der Waals surface area contributed by atoms with E-state index in [0.29, 0.717) is 0 Å². The lowest BCUT2D eigenvalue weighted by Gasteiger charge is -2.53. The monoisotopic (exact) mass is 447 g/mol. The second-order valence-corrected chi connectivity index (χ2v) is 8.32. The maximum Gasteiger partial charge on any atom is 0.255 e. The number of carbonyl (C=O) groups is 3. The third kappa shape index (κ3) is 2.82. The van der Waals surface area contributed by atoms with Gasteiger partial charge in [-0.1, -0.05) is 13.2 Å². The molecule has 0 unspecified atom stereocenters. The second-order valence-electron chi connectivity index (χ2n) is 8.32. The van der Waals surface area contributed by atoms with Crippen LogP contribution in [-0.2, 0) is 19.1 Å². The number of nitrogens with two attached hydrogens (primary N) is 3. The van der Waals surface area contributed by atoms with Gasteiger partial charge in [-0.15, -0.1) is 0 Å². The molecule has 3 rings (SSSR count). The van der Waals surface area contributed by atoms with Gasteiger partial charge in [-0.2, -0.15) is 0 Å². The average Bonchev–Trinajstić information content (AvgIpc) is 2.68. The summed E-state index contributed by atoms with van der Waals surface area (Å²) < 4.78 is 5.29. The molecule has 0 saturated heterocycles. The van der Waals surface area contributed by atoms with Gasteiger partial charge in [-0.3, -0.25) is 14.4 Å². The molecule has 3 aliphatic rings. The second kappa shape index (κ2) is 7.33. The van der Waals surface area contributed by atoms with E-state index in [2.05, 4.69) is 13.2 Å². The van der Waals surface area contributed by atoms with E-state index in [9.17, 15) is 34.8 Å². The molecule has 0 bridgehead atoms. The summed E-state index contributed by atoms with van der Waals surface area (Å²) in [5.74, 6) is -7.60. The SMILES string of the molecule is C=C(N)C1=C(C(=C)O)C(O)=C2C(=O)[C@]3(O)C(O)=C(C(N)=O)C(=O)[C@@H](N)[C@@H]3C[C@]2(COC)C1. The molecule has 1 fully saturated rings. The van der Waals surface area contributed by atoms with E-state index in [1.807, 2.05) is 0 Å². The molecule has 0 heterocycles. The van der Waals surface area contributed by atoms with Crippen molar-refractivity contribution in [2.24, 2.45) is 28.5 Å². The number of ether oxygens (including phenoxy) is 1. The summed E-state index contributed by atoms with van der Waals surface area (Å²) in [5.41, 5.74) is 11.4. The van der Waals surface area contributed by atoms with Gasteiger partial charge in [0.1, 0.15) is 22.9 Å². The molecule has 10 N–H and O–H groups in total. The molecule has 0 spiro atoms. The molecule has 11 nitrogen and oxygen atoms in total. The zero-order valence-electron chi connectivity index (χ0n) is 17.3. The van der Waals surface area contributed by atoms with Gasteiger partial charge in [0.2, 0.25) is 5.78 Å². The third-order valence-corrected chi connectivity index (χ3v) is 6.47. The highest BCUT2D eigenvalue weighted by Gasteiger charge is 2.66. The number of hydrogen-bond donors (Lipinski definition) is 7. The zero-order chi connectivity index (χ0) is 24.3. The molecule has 32 heavy (non-hydrogen) atoms. The number of methoxy groups -OCH3 is 1. The molecule has 172 valence electrons. The lowest BCUT2D eigenvalue weighted by atomic mass is 9.52. The maximum atomic E-state index is 13.7. The zero-order valence-corrected chi connectivity index (χ0v) is 17.3. The molecule has 1 amide bonds. The van der Waals surface area contributed by atoms with Crippen molar-refractivity contribution < 1.29 is 39.5 Å². The van der Waals surface area contributed by atoms with E-state index in [4.69, 9.17) is 21.9 Å². The first-order valence-electron chi connectivity index (χ1n) is 9.55. The largest absolute Gasteiger partial charge is 0.508 e. The van der Waals surface area contributed by atoms with Crippen molar-refractivity contribution in [1.29, 1.82) is 0 Å². The lowest BCUT2D eigenvalue weighted by Crippen LogP contribution is -2.67. The quantitative estimate of drug-likeness (QED) is 0.205. The Morgan fingerprint density at radius 1 is 1.22 bits per heavy atom. The highest BCUT2D eigenvalue weighted by Crippen LogP contribution is 2.58. The summed E-state index contributed by atoms with van der Waals surface area (Å²) in [4.78, 5) is 38.1.